The molecule has 0 aromatic heterocycles. The molecule has 4 aliphatic heterocycles. The zero-order valence-electron chi connectivity index (χ0n) is 16.8. The molecule has 1 unspecified atom stereocenters. The van der Waals surface area contributed by atoms with Crippen molar-refractivity contribution in [2.75, 3.05) is 32.8 Å². The predicted molar refractivity (Wildman–Crippen MR) is 95.0 cm³/mol. The minimum absolute atomic E-state index is 0.273. The van der Waals surface area contributed by atoms with Crippen molar-refractivity contribution in [3.05, 3.63) is 0 Å². The van der Waals surface area contributed by atoms with Crippen molar-refractivity contribution in [1.82, 2.24) is 4.90 Å². The van der Waals surface area contributed by atoms with Gasteiger partial charge in [0.1, 0.15) is 24.4 Å². The Kier molecular flexibility index (Phi) is 5.55. The molecule has 0 radical (unpaired) electrons. The van der Waals surface area contributed by atoms with Crippen LogP contribution < -0.4 is 0 Å². The van der Waals surface area contributed by atoms with Gasteiger partial charge in [0.25, 0.3) is 0 Å². The summed E-state index contributed by atoms with van der Waals surface area (Å²) < 4.78 is 35.9. The van der Waals surface area contributed by atoms with Gasteiger partial charge in [-0.1, -0.05) is 0 Å². The highest BCUT2D eigenvalue weighted by Crippen LogP contribution is 2.44. The number of hydrogen-bond donors (Lipinski definition) is 1. The molecule has 0 spiro atoms. The number of β-amino-alcohol motifs (C(OH)–C–C–N with tert-alkyl or cyclic N) is 1. The highest BCUT2D eigenvalue weighted by Gasteiger charge is 2.60. The van der Waals surface area contributed by atoms with Crippen molar-refractivity contribution >= 4 is 0 Å². The summed E-state index contributed by atoms with van der Waals surface area (Å²) in [7, 11) is 0. The number of rotatable bonds is 6. The summed E-state index contributed by atoms with van der Waals surface area (Å²) in [5.41, 5.74) is 0. The van der Waals surface area contributed by atoms with Gasteiger partial charge in [0.05, 0.1) is 19.3 Å². The van der Waals surface area contributed by atoms with Crippen LogP contribution in [0.2, 0.25) is 0 Å². The number of aliphatic hydroxyl groups excluding tert-OH is 1. The number of ether oxygens (including phenoxy) is 6. The molecule has 8 heteroatoms. The number of likely N-dealkylation sites (tertiary alicyclic amines) is 1. The lowest BCUT2D eigenvalue weighted by Crippen LogP contribution is -2.56. The Morgan fingerprint density at radius 2 is 1.59 bits per heavy atom. The van der Waals surface area contributed by atoms with Crippen LogP contribution in [-0.4, -0.2) is 91.2 Å². The molecule has 1 N–H and O–H groups in total. The van der Waals surface area contributed by atoms with Crippen LogP contribution in [-0.2, 0) is 28.4 Å². The molecule has 0 aromatic rings. The normalized spacial score (nSPS) is 41.4. The monoisotopic (exact) mass is 387 g/mol. The second-order valence-electron chi connectivity index (χ2n) is 8.91. The van der Waals surface area contributed by atoms with Crippen molar-refractivity contribution in [3.63, 3.8) is 0 Å². The van der Waals surface area contributed by atoms with E-state index in [0.717, 1.165) is 13.1 Å². The summed E-state index contributed by atoms with van der Waals surface area (Å²) in [6.45, 7) is 10.9. The second-order valence-corrected chi connectivity index (χ2v) is 8.91. The van der Waals surface area contributed by atoms with Crippen LogP contribution in [0.4, 0.5) is 0 Å². The van der Waals surface area contributed by atoms with E-state index in [1.54, 1.807) is 0 Å². The smallest absolute Gasteiger partial charge is 0.190 e. The SMILES string of the molecule is CC1(C)O[C@H]2[C@@H](O1)[C@@H](COCC(O)CN1CCCC1)O[C@@H]1OC(C)(C)O[C@@H]12. The van der Waals surface area contributed by atoms with E-state index >= 15 is 0 Å². The average Bonchev–Trinajstić information content (AvgIpc) is 3.23. The fraction of sp³-hybridized carbons (Fsp3) is 1.00. The number of fused-ring (bicyclic) bond motifs is 3. The van der Waals surface area contributed by atoms with Gasteiger partial charge in [-0.3, -0.25) is 0 Å². The molecule has 4 aliphatic rings. The first-order valence-electron chi connectivity index (χ1n) is 10.1. The van der Waals surface area contributed by atoms with Gasteiger partial charge in [0.2, 0.25) is 0 Å². The van der Waals surface area contributed by atoms with Crippen LogP contribution >= 0.6 is 0 Å². The molecule has 0 amide bonds. The molecule has 0 bridgehead atoms. The Hall–Kier alpha value is -0.320. The molecule has 4 saturated heterocycles. The Balaban J connectivity index is 1.33. The highest BCUT2D eigenvalue weighted by molar-refractivity contribution is 5.00. The third kappa shape index (κ3) is 4.48. The summed E-state index contributed by atoms with van der Waals surface area (Å²) in [5, 5.41) is 10.2. The third-order valence-corrected chi connectivity index (χ3v) is 5.51. The quantitative estimate of drug-likeness (QED) is 0.719. The lowest BCUT2D eigenvalue weighted by molar-refractivity contribution is -0.244. The first-order valence-corrected chi connectivity index (χ1v) is 10.1. The van der Waals surface area contributed by atoms with Gasteiger partial charge < -0.3 is 38.4 Å². The average molecular weight is 387 g/mol. The van der Waals surface area contributed by atoms with Gasteiger partial charge in [-0.25, -0.2) is 0 Å². The molecule has 156 valence electrons. The molecular formula is C19H33NO7. The first-order chi connectivity index (χ1) is 12.7. The van der Waals surface area contributed by atoms with E-state index in [1.807, 2.05) is 27.7 Å². The Morgan fingerprint density at radius 3 is 2.33 bits per heavy atom. The van der Waals surface area contributed by atoms with Crippen molar-refractivity contribution in [1.29, 1.82) is 0 Å². The maximum absolute atomic E-state index is 10.2. The number of aliphatic hydroxyl groups is 1. The summed E-state index contributed by atoms with van der Waals surface area (Å²) in [5.74, 6) is -1.44. The van der Waals surface area contributed by atoms with E-state index in [2.05, 4.69) is 4.90 Å². The fourth-order valence-corrected chi connectivity index (χ4v) is 4.46. The van der Waals surface area contributed by atoms with E-state index in [0.29, 0.717) is 13.2 Å². The third-order valence-electron chi connectivity index (χ3n) is 5.51. The largest absolute Gasteiger partial charge is 0.389 e. The summed E-state index contributed by atoms with van der Waals surface area (Å²) in [6.07, 6.45) is 0.164. The van der Waals surface area contributed by atoms with Gasteiger partial charge in [0.15, 0.2) is 17.9 Å². The van der Waals surface area contributed by atoms with E-state index in [1.165, 1.54) is 12.8 Å². The van der Waals surface area contributed by atoms with E-state index in [4.69, 9.17) is 28.4 Å². The maximum atomic E-state index is 10.2. The van der Waals surface area contributed by atoms with Gasteiger partial charge in [-0.05, 0) is 53.6 Å². The van der Waals surface area contributed by atoms with Crippen LogP contribution in [0.5, 0.6) is 0 Å². The molecule has 0 saturated carbocycles. The van der Waals surface area contributed by atoms with Crippen molar-refractivity contribution in [2.24, 2.45) is 0 Å². The standard InChI is InChI=1S/C19H33NO7/c1-18(2)24-14-13(11-22-10-12(21)9-20-7-5-6-8-20)23-17-16(15(14)25-18)26-19(3,4)27-17/h12-17,21H,5-11H2,1-4H3/t12?,13-,14+,15+,16-,17-/m1/s1. The molecule has 4 heterocycles. The highest BCUT2D eigenvalue weighted by atomic mass is 16.9. The minimum atomic E-state index is -0.725. The molecule has 6 atom stereocenters. The summed E-state index contributed by atoms with van der Waals surface area (Å²) >= 11 is 0. The molecule has 27 heavy (non-hydrogen) atoms. The van der Waals surface area contributed by atoms with Crippen LogP contribution in [0.25, 0.3) is 0 Å². The Morgan fingerprint density at radius 1 is 0.963 bits per heavy atom. The molecule has 0 aliphatic carbocycles. The molecule has 4 rings (SSSR count). The van der Waals surface area contributed by atoms with Crippen LogP contribution in [0.1, 0.15) is 40.5 Å². The maximum Gasteiger partial charge on any atom is 0.190 e. The predicted octanol–water partition coefficient (Wildman–Crippen LogP) is 0.856. The zero-order valence-corrected chi connectivity index (χ0v) is 16.8. The van der Waals surface area contributed by atoms with E-state index in [-0.39, 0.29) is 31.0 Å². The van der Waals surface area contributed by atoms with Crippen LogP contribution in [0, 0.1) is 0 Å². The second kappa shape index (κ2) is 7.50. The summed E-state index contributed by atoms with van der Waals surface area (Å²) in [4.78, 5) is 2.27. The molecule has 0 aromatic carbocycles. The zero-order chi connectivity index (χ0) is 19.2. The van der Waals surface area contributed by atoms with E-state index in [9.17, 15) is 5.11 Å². The lowest BCUT2D eigenvalue weighted by atomic mass is 9.99. The van der Waals surface area contributed by atoms with Crippen molar-refractivity contribution in [3.8, 4) is 0 Å². The van der Waals surface area contributed by atoms with Crippen LogP contribution in [0.15, 0.2) is 0 Å². The first kappa shape index (κ1) is 20.0. The van der Waals surface area contributed by atoms with Crippen molar-refractivity contribution in [2.45, 2.75) is 88.9 Å². The van der Waals surface area contributed by atoms with Crippen molar-refractivity contribution < 1.29 is 33.5 Å². The van der Waals surface area contributed by atoms with Gasteiger partial charge >= 0.3 is 0 Å². The van der Waals surface area contributed by atoms with Gasteiger partial charge in [0, 0.05) is 6.54 Å². The number of hydrogen-bond acceptors (Lipinski definition) is 8. The fourth-order valence-electron chi connectivity index (χ4n) is 4.46. The van der Waals surface area contributed by atoms with Gasteiger partial charge in [-0.2, -0.15) is 0 Å². The Labute approximate surface area is 161 Å². The van der Waals surface area contributed by atoms with Crippen LogP contribution in [0.3, 0.4) is 0 Å². The topological polar surface area (TPSA) is 78.9 Å². The minimum Gasteiger partial charge on any atom is -0.389 e. The molecule has 4 fully saturated rings. The van der Waals surface area contributed by atoms with Gasteiger partial charge in [-0.15, -0.1) is 0 Å². The number of nitrogens with zero attached hydrogens (tertiary/aromatic N) is 1. The lowest BCUT2D eigenvalue weighted by Gasteiger charge is -2.37. The Bertz CT molecular complexity index is 522. The summed E-state index contributed by atoms with van der Waals surface area (Å²) in [6, 6.07) is 0. The van der Waals surface area contributed by atoms with E-state index < -0.39 is 24.0 Å². The molecule has 8 nitrogen and oxygen atoms in total. The molecular weight excluding hydrogens is 354 g/mol.